The molecule has 36 heavy (non-hydrogen) atoms. The van der Waals surface area contributed by atoms with Crippen LogP contribution in [-0.2, 0) is 13.6 Å². The number of halogens is 1. The highest BCUT2D eigenvalue weighted by atomic mass is 35.5. The van der Waals surface area contributed by atoms with Gasteiger partial charge in [0.05, 0.1) is 31.7 Å². The molecule has 1 aromatic heterocycles. The van der Waals surface area contributed by atoms with Crippen molar-refractivity contribution in [1.82, 2.24) is 9.78 Å². The standard InChI is InChI=1S/C27H29ClN3O4P/c1-4-34-36(32,35-5-2)27(29-22-15-17-24(33-3)18-16-22)25-19-31(23-9-7-6-8-10-23)30-26(25)20-11-13-21(28)14-12-20/h6-19,27,29H,4-5H2,1-3H3. The van der Waals surface area contributed by atoms with Crippen molar-refractivity contribution in [3.8, 4) is 22.7 Å². The van der Waals surface area contributed by atoms with Crippen molar-refractivity contribution in [2.24, 2.45) is 0 Å². The number of ether oxygens (including phenoxy) is 1. The van der Waals surface area contributed by atoms with Crippen LogP contribution in [0, 0.1) is 0 Å². The van der Waals surface area contributed by atoms with Crippen molar-refractivity contribution in [2.75, 3.05) is 25.6 Å². The Labute approximate surface area is 216 Å². The predicted molar refractivity (Wildman–Crippen MR) is 144 cm³/mol. The third kappa shape index (κ3) is 5.82. The fourth-order valence-corrected chi connectivity index (χ4v) is 5.91. The average molecular weight is 526 g/mol. The van der Waals surface area contributed by atoms with Gasteiger partial charge in [0.2, 0.25) is 0 Å². The molecular formula is C27H29ClN3O4P. The predicted octanol–water partition coefficient (Wildman–Crippen LogP) is 7.58. The van der Waals surface area contributed by atoms with Crippen LogP contribution in [0.2, 0.25) is 5.02 Å². The molecule has 0 amide bonds. The molecule has 0 aliphatic carbocycles. The maximum Gasteiger partial charge on any atom is 0.357 e. The molecule has 0 bridgehead atoms. The summed E-state index contributed by atoms with van der Waals surface area (Å²) in [6.07, 6.45) is 1.87. The number of para-hydroxylation sites is 1. The van der Waals surface area contributed by atoms with Crippen LogP contribution in [0.5, 0.6) is 5.75 Å². The molecule has 7 nitrogen and oxygen atoms in total. The zero-order chi connectivity index (χ0) is 25.5. The van der Waals surface area contributed by atoms with Crippen LogP contribution in [-0.4, -0.2) is 30.1 Å². The Bertz CT molecular complexity index is 1300. The second-order valence-electron chi connectivity index (χ2n) is 7.87. The number of hydrogen-bond donors (Lipinski definition) is 1. The lowest BCUT2D eigenvalue weighted by Crippen LogP contribution is -2.15. The van der Waals surface area contributed by atoms with Gasteiger partial charge in [0.25, 0.3) is 0 Å². The Morgan fingerprint density at radius 2 is 1.58 bits per heavy atom. The minimum absolute atomic E-state index is 0.223. The van der Waals surface area contributed by atoms with Crippen LogP contribution in [0.3, 0.4) is 0 Å². The molecule has 0 spiro atoms. The molecule has 1 atom stereocenters. The van der Waals surface area contributed by atoms with Crippen LogP contribution < -0.4 is 10.1 Å². The van der Waals surface area contributed by atoms with Gasteiger partial charge in [-0.05, 0) is 62.4 Å². The van der Waals surface area contributed by atoms with Crippen molar-refractivity contribution in [1.29, 1.82) is 0 Å². The molecule has 0 saturated heterocycles. The lowest BCUT2D eigenvalue weighted by Gasteiger charge is -2.28. The summed E-state index contributed by atoms with van der Waals surface area (Å²) in [5.41, 5.74) is 3.73. The summed E-state index contributed by atoms with van der Waals surface area (Å²) in [5, 5.41) is 8.90. The zero-order valence-electron chi connectivity index (χ0n) is 20.4. The van der Waals surface area contributed by atoms with Gasteiger partial charge in [-0.25, -0.2) is 4.68 Å². The molecule has 4 aromatic rings. The van der Waals surface area contributed by atoms with Crippen molar-refractivity contribution < 1.29 is 18.3 Å². The molecule has 0 saturated carbocycles. The van der Waals surface area contributed by atoms with Gasteiger partial charge in [0.1, 0.15) is 5.75 Å². The third-order valence-electron chi connectivity index (χ3n) is 5.50. The molecular weight excluding hydrogens is 497 g/mol. The van der Waals surface area contributed by atoms with Gasteiger partial charge < -0.3 is 19.1 Å². The number of methoxy groups -OCH3 is 1. The molecule has 3 aromatic carbocycles. The van der Waals surface area contributed by atoms with E-state index in [0.717, 1.165) is 16.9 Å². The number of benzene rings is 3. The Kier molecular flexibility index (Phi) is 8.49. The molecule has 9 heteroatoms. The van der Waals surface area contributed by atoms with E-state index >= 15 is 0 Å². The lowest BCUT2D eigenvalue weighted by molar-refractivity contribution is 0.214. The Balaban J connectivity index is 1.90. The first-order valence-corrected chi connectivity index (χ1v) is 13.7. The first-order valence-electron chi connectivity index (χ1n) is 11.7. The molecule has 1 heterocycles. The van der Waals surface area contributed by atoms with Crippen LogP contribution in [0.1, 0.15) is 25.2 Å². The number of anilines is 1. The summed E-state index contributed by atoms with van der Waals surface area (Å²) in [4.78, 5) is 0. The number of hydrogen-bond acceptors (Lipinski definition) is 6. The summed E-state index contributed by atoms with van der Waals surface area (Å²) >= 11 is 6.16. The molecule has 188 valence electrons. The Morgan fingerprint density at radius 3 is 2.17 bits per heavy atom. The fraction of sp³-hybridized carbons (Fsp3) is 0.222. The fourth-order valence-electron chi connectivity index (χ4n) is 3.85. The van der Waals surface area contributed by atoms with Gasteiger partial charge in [-0.15, -0.1) is 0 Å². The number of nitrogens with zero attached hydrogens (tertiary/aromatic N) is 2. The maximum atomic E-state index is 14.2. The number of rotatable bonds is 11. The van der Waals surface area contributed by atoms with E-state index in [1.165, 1.54) is 0 Å². The van der Waals surface area contributed by atoms with Gasteiger partial charge in [-0.2, -0.15) is 5.10 Å². The van der Waals surface area contributed by atoms with Crippen molar-refractivity contribution in [2.45, 2.75) is 19.6 Å². The number of aromatic nitrogens is 2. The minimum atomic E-state index is -3.69. The van der Waals surface area contributed by atoms with E-state index in [0.29, 0.717) is 22.0 Å². The molecule has 0 fully saturated rings. The van der Waals surface area contributed by atoms with E-state index in [2.05, 4.69) is 5.32 Å². The van der Waals surface area contributed by atoms with Crippen LogP contribution in [0.25, 0.3) is 16.9 Å². The first kappa shape index (κ1) is 26.0. The summed E-state index contributed by atoms with van der Waals surface area (Å²) in [7, 11) is -2.08. The zero-order valence-corrected chi connectivity index (χ0v) is 22.1. The average Bonchev–Trinajstić information content (AvgIpc) is 3.34. The van der Waals surface area contributed by atoms with E-state index in [-0.39, 0.29) is 13.2 Å². The maximum absolute atomic E-state index is 14.2. The highest BCUT2D eigenvalue weighted by molar-refractivity contribution is 7.54. The Morgan fingerprint density at radius 1 is 0.944 bits per heavy atom. The Hall–Kier alpha value is -3.09. The minimum Gasteiger partial charge on any atom is -0.497 e. The molecule has 0 aliphatic rings. The van der Waals surface area contributed by atoms with E-state index in [4.69, 9.17) is 30.5 Å². The van der Waals surface area contributed by atoms with Crippen molar-refractivity contribution >= 4 is 24.9 Å². The highest BCUT2D eigenvalue weighted by Crippen LogP contribution is 2.62. The van der Waals surface area contributed by atoms with Gasteiger partial charge in [0, 0.05) is 28.0 Å². The van der Waals surface area contributed by atoms with Gasteiger partial charge in [-0.3, -0.25) is 4.57 Å². The normalized spacial score (nSPS) is 12.3. The van der Waals surface area contributed by atoms with Crippen LogP contribution in [0.15, 0.2) is 85.1 Å². The lowest BCUT2D eigenvalue weighted by atomic mass is 10.1. The quantitative estimate of drug-likeness (QED) is 0.203. The third-order valence-corrected chi connectivity index (χ3v) is 8.03. The summed E-state index contributed by atoms with van der Waals surface area (Å²) in [6, 6.07) is 24.5. The summed E-state index contributed by atoms with van der Waals surface area (Å²) < 4.78 is 32.9. The number of nitrogens with one attached hydrogen (secondary N) is 1. The summed E-state index contributed by atoms with van der Waals surface area (Å²) in [6.45, 7) is 4.04. The second kappa shape index (κ2) is 11.8. The monoisotopic (exact) mass is 525 g/mol. The SMILES string of the molecule is CCOP(=O)(OCC)C(Nc1ccc(OC)cc1)c1cn(-c2ccccc2)nc1-c1ccc(Cl)cc1. The van der Waals surface area contributed by atoms with Gasteiger partial charge in [-0.1, -0.05) is 41.9 Å². The smallest absolute Gasteiger partial charge is 0.357 e. The van der Waals surface area contributed by atoms with E-state index in [1.54, 1.807) is 37.8 Å². The topological polar surface area (TPSA) is 74.6 Å². The molecule has 0 radical (unpaired) electrons. The molecule has 0 aliphatic heterocycles. The largest absolute Gasteiger partial charge is 0.497 e. The van der Waals surface area contributed by atoms with E-state index in [9.17, 15) is 4.57 Å². The summed E-state index contributed by atoms with van der Waals surface area (Å²) in [5.74, 6) is -0.123. The van der Waals surface area contributed by atoms with Gasteiger partial charge in [0.15, 0.2) is 5.78 Å². The molecule has 1 unspecified atom stereocenters. The van der Waals surface area contributed by atoms with Crippen LogP contribution >= 0.6 is 19.2 Å². The van der Waals surface area contributed by atoms with Crippen molar-refractivity contribution in [3.63, 3.8) is 0 Å². The molecule has 4 rings (SSSR count). The highest BCUT2D eigenvalue weighted by Gasteiger charge is 2.40. The molecule has 1 N–H and O–H groups in total. The first-order chi connectivity index (χ1) is 17.5. The van der Waals surface area contributed by atoms with Crippen molar-refractivity contribution in [3.05, 3.63) is 95.6 Å². The van der Waals surface area contributed by atoms with Crippen LogP contribution in [0.4, 0.5) is 5.69 Å². The van der Waals surface area contributed by atoms with E-state index < -0.39 is 13.4 Å². The van der Waals surface area contributed by atoms with E-state index in [1.807, 2.05) is 72.9 Å². The van der Waals surface area contributed by atoms with Gasteiger partial charge >= 0.3 is 7.60 Å². The second-order valence-corrected chi connectivity index (χ2v) is 10.4.